The van der Waals surface area contributed by atoms with E-state index < -0.39 is 5.97 Å². The largest absolute Gasteiger partial charge is 0.478 e. The fourth-order valence-electron chi connectivity index (χ4n) is 1.27. The zero-order valence-electron chi connectivity index (χ0n) is 7.97. The van der Waals surface area contributed by atoms with Crippen molar-refractivity contribution in [1.29, 1.82) is 0 Å². The first kappa shape index (κ1) is 10.3. The first-order chi connectivity index (χ1) is 7.16. The lowest BCUT2D eigenvalue weighted by Crippen LogP contribution is -2.30. The minimum absolute atomic E-state index is 0.307. The third-order valence-electron chi connectivity index (χ3n) is 2.14. The Morgan fingerprint density at radius 3 is 2.80 bits per heavy atom. The number of nitrogens with two attached hydrogens (primary N) is 1. The number of nitrogen functional groups attached to an aromatic ring is 1. The average molecular weight is 225 g/mol. The van der Waals surface area contributed by atoms with E-state index in [9.17, 15) is 4.79 Å². The molecule has 15 heavy (non-hydrogen) atoms. The molecule has 0 amide bonds. The van der Waals surface area contributed by atoms with Crippen LogP contribution in [0.3, 0.4) is 0 Å². The zero-order chi connectivity index (χ0) is 10.8. The second-order valence-electron chi connectivity index (χ2n) is 3.34. The van der Waals surface area contributed by atoms with Gasteiger partial charge >= 0.3 is 5.97 Å². The number of hydrogen-bond acceptors (Lipinski definition) is 4. The normalized spacial score (nSPS) is 16.0. The number of anilines is 1. The van der Waals surface area contributed by atoms with Crippen molar-refractivity contribution in [3.8, 4) is 0 Å². The van der Waals surface area contributed by atoms with E-state index in [0.29, 0.717) is 29.7 Å². The molecule has 0 radical (unpaired) electrons. The first-order valence-corrected chi connectivity index (χ1v) is 5.42. The summed E-state index contributed by atoms with van der Waals surface area (Å²) >= 11 is 1.51. The number of hydrogen-bond donors (Lipinski definition) is 2. The van der Waals surface area contributed by atoms with Gasteiger partial charge in [-0.2, -0.15) is 0 Å². The number of carboxylic acid groups (broad SMARTS) is 1. The predicted molar refractivity (Wildman–Crippen MR) is 58.3 cm³/mol. The van der Waals surface area contributed by atoms with Crippen LogP contribution in [0.2, 0.25) is 0 Å². The summed E-state index contributed by atoms with van der Waals surface area (Å²) in [5.41, 5.74) is 6.52. The number of carboxylic acids is 1. The van der Waals surface area contributed by atoms with Gasteiger partial charge < -0.3 is 15.6 Å². The van der Waals surface area contributed by atoms with Gasteiger partial charge in [-0.1, -0.05) is 0 Å². The number of ether oxygens (including phenoxy) is 1. The molecule has 0 aromatic heterocycles. The van der Waals surface area contributed by atoms with Gasteiger partial charge in [0, 0.05) is 10.6 Å². The Labute approximate surface area is 91.4 Å². The smallest absolute Gasteiger partial charge is 0.336 e. The molecule has 1 aliphatic rings. The van der Waals surface area contributed by atoms with Crippen molar-refractivity contribution in [2.24, 2.45) is 0 Å². The average Bonchev–Trinajstić information content (AvgIpc) is 2.11. The topological polar surface area (TPSA) is 72.6 Å². The minimum Gasteiger partial charge on any atom is -0.478 e. The van der Waals surface area contributed by atoms with E-state index in [-0.39, 0.29) is 0 Å². The molecule has 0 bridgehead atoms. The van der Waals surface area contributed by atoms with Crippen LogP contribution < -0.4 is 5.73 Å². The number of thioether (sulfide) groups is 1. The Hall–Kier alpha value is -1.20. The Balaban J connectivity index is 2.24. The van der Waals surface area contributed by atoms with Gasteiger partial charge in [0.2, 0.25) is 0 Å². The maximum absolute atomic E-state index is 10.9. The lowest BCUT2D eigenvalue weighted by atomic mass is 10.2. The number of aromatic carboxylic acids is 1. The van der Waals surface area contributed by atoms with Crippen molar-refractivity contribution >= 4 is 23.4 Å². The molecular formula is C10H11NO3S. The highest BCUT2D eigenvalue weighted by molar-refractivity contribution is 8.00. The van der Waals surface area contributed by atoms with Crippen molar-refractivity contribution in [1.82, 2.24) is 0 Å². The van der Waals surface area contributed by atoms with Gasteiger partial charge in [-0.3, -0.25) is 0 Å². The highest BCUT2D eigenvalue weighted by atomic mass is 32.2. The van der Waals surface area contributed by atoms with Crippen LogP contribution in [0.15, 0.2) is 23.1 Å². The summed E-state index contributed by atoms with van der Waals surface area (Å²) in [6, 6.07) is 4.84. The molecule has 2 rings (SSSR count). The molecule has 0 saturated carbocycles. The summed E-state index contributed by atoms with van der Waals surface area (Å²) in [7, 11) is 0. The summed E-state index contributed by atoms with van der Waals surface area (Å²) < 4.78 is 5.04. The van der Waals surface area contributed by atoms with E-state index in [2.05, 4.69) is 0 Å². The summed E-state index contributed by atoms with van der Waals surface area (Å²) in [5, 5.41) is 9.33. The third kappa shape index (κ3) is 2.24. The molecule has 0 aliphatic carbocycles. The fourth-order valence-corrected chi connectivity index (χ4v) is 2.45. The van der Waals surface area contributed by atoms with Crippen LogP contribution in [0, 0.1) is 0 Å². The molecule has 1 fully saturated rings. The first-order valence-electron chi connectivity index (χ1n) is 4.54. The van der Waals surface area contributed by atoms with Gasteiger partial charge in [-0.25, -0.2) is 4.79 Å². The van der Waals surface area contributed by atoms with Gasteiger partial charge in [-0.05, 0) is 18.2 Å². The quantitative estimate of drug-likeness (QED) is 0.762. The molecule has 80 valence electrons. The van der Waals surface area contributed by atoms with Gasteiger partial charge in [0.25, 0.3) is 0 Å². The minimum atomic E-state index is -0.919. The molecule has 1 aliphatic heterocycles. The fraction of sp³-hybridized carbons (Fsp3) is 0.300. The van der Waals surface area contributed by atoms with Crippen molar-refractivity contribution in [2.45, 2.75) is 10.1 Å². The third-order valence-corrected chi connectivity index (χ3v) is 3.33. The van der Waals surface area contributed by atoms with Crippen LogP contribution in [-0.2, 0) is 4.74 Å². The second kappa shape index (κ2) is 4.12. The Morgan fingerprint density at radius 2 is 2.27 bits per heavy atom. The summed E-state index contributed by atoms with van der Waals surface area (Å²) in [6.07, 6.45) is 0. The molecule has 1 aromatic rings. The van der Waals surface area contributed by atoms with E-state index in [4.69, 9.17) is 15.6 Å². The summed E-state index contributed by atoms with van der Waals surface area (Å²) in [6.45, 7) is 1.36. The standard InChI is InChI=1S/C10H11NO3S/c11-6-1-2-8(10(12)13)9(3-6)15-7-4-14-5-7/h1-3,7H,4-5,11H2,(H,12,13). The van der Waals surface area contributed by atoms with Crippen molar-refractivity contribution in [3.05, 3.63) is 23.8 Å². The Bertz CT molecular complexity index is 390. The number of benzene rings is 1. The molecule has 0 atom stereocenters. The van der Waals surface area contributed by atoms with Crippen LogP contribution in [0.4, 0.5) is 5.69 Å². The van der Waals surface area contributed by atoms with Crippen LogP contribution >= 0.6 is 11.8 Å². The highest BCUT2D eigenvalue weighted by Crippen LogP contribution is 2.32. The van der Waals surface area contributed by atoms with E-state index >= 15 is 0 Å². The van der Waals surface area contributed by atoms with Gasteiger partial charge in [0.05, 0.1) is 24.0 Å². The van der Waals surface area contributed by atoms with E-state index in [1.807, 2.05) is 0 Å². The highest BCUT2D eigenvalue weighted by Gasteiger charge is 2.22. The van der Waals surface area contributed by atoms with E-state index in [0.717, 1.165) is 4.90 Å². The summed E-state index contributed by atoms with van der Waals surface area (Å²) in [5.74, 6) is -0.919. The maximum Gasteiger partial charge on any atom is 0.336 e. The molecule has 1 saturated heterocycles. The Kier molecular flexibility index (Phi) is 2.83. The van der Waals surface area contributed by atoms with Crippen molar-refractivity contribution in [3.63, 3.8) is 0 Å². The van der Waals surface area contributed by atoms with Gasteiger partial charge in [0.15, 0.2) is 0 Å². The van der Waals surface area contributed by atoms with Crippen molar-refractivity contribution in [2.75, 3.05) is 18.9 Å². The van der Waals surface area contributed by atoms with E-state index in [1.165, 1.54) is 11.8 Å². The molecule has 0 spiro atoms. The molecule has 1 heterocycles. The lowest BCUT2D eigenvalue weighted by molar-refractivity contribution is 0.0454. The predicted octanol–water partition coefficient (Wildman–Crippen LogP) is 1.46. The molecule has 0 unspecified atom stereocenters. The second-order valence-corrected chi connectivity index (χ2v) is 4.68. The van der Waals surface area contributed by atoms with E-state index in [1.54, 1.807) is 18.2 Å². The maximum atomic E-state index is 10.9. The summed E-state index contributed by atoms with van der Waals surface area (Å²) in [4.78, 5) is 11.7. The molecule has 1 aromatic carbocycles. The van der Waals surface area contributed by atoms with Crippen LogP contribution in [0.5, 0.6) is 0 Å². The van der Waals surface area contributed by atoms with Crippen LogP contribution in [0.25, 0.3) is 0 Å². The molecule has 3 N–H and O–H groups in total. The van der Waals surface area contributed by atoms with Crippen LogP contribution in [-0.4, -0.2) is 29.5 Å². The molecule has 5 heteroatoms. The van der Waals surface area contributed by atoms with Crippen LogP contribution in [0.1, 0.15) is 10.4 Å². The lowest BCUT2D eigenvalue weighted by Gasteiger charge is -2.25. The SMILES string of the molecule is Nc1ccc(C(=O)O)c(SC2COC2)c1. The number of carbonyl (C=O) groups is 1. The van der Waals surface area contributed by atoms with Gasteiger partial charge in [0.1, 0.15) is 0 Å². The monoisotopic (exact) mass is 225 g/mol. The Morgan fingerprint density at radius 1 is 1.53 bits per heavy atom. The molecule has 4 nitrogen and oxygen atoms in total. The van der Waals surface area contributed by atoms with Gasteiger partial charge in [-0.15, -0.1) is 11.8 Å². The zero-order valence-corrected chi connectivity index (χ0v) is 8.79. The van der Waals surface area contributed by atoms with Crippen molar-refractivity contribution < 1.29 is 14.6 Å². The number of rotatable bonds is 3. The molecular weight excluding hydrogens is 214 g/mol.